The zero-order valence-electron chi connectivity index (χ0n) is 7.56. The Hall–Kier alpha value is -0.980. The first-order valence-electron chi connectivity index (χ1n) is 3.93. The second-order valence-electron chi connectivity index (χ2n) is 2.84. The molecule has 1 amide bonds. The fourth-order valence-corrected chi connectivity index (χ4v) is 1.09. The first-order chi connectivity index (χ1) is 6.80. The number of carbonyl (C=O) groups excluding carboxylic acids is 1. The van der Waals surface area contributed by atoms with Crippen molar-refractivity contribution in [3.05, 3.63) is 22.6 Å². The average molecular weight is 286 g/mol. The maximum absolute atomic E-state index is 12.1. The van der Waals surface area contributed by atoms with Crippen LogP contribution in [0.4, 0.5) is 13.2 Å². The Bertz CT molecular complexity index is 361. The summed E-state index contributed by atoms with van der Waals surface area (Å²) in [7, 11) is 0. The van der Waals surface area contributed by atoms with Crippen molar-refractivity contribution in [1.29, 1.82) is 0 Å². The normalized spacial score (nSPS) is 13.7. The molecule has 0 fully saturated rings. The highest BCUT2D eigenvalue weighted by Crippen LogP contribution is 2.20. The minimum atomic E-state index is -4.46. The quantitative estimate of drug-likeness (QED) is 0.908. The van der Waals surface area contributed by atoms with Crippen molar-refractivity contribution < 1.29 is 22.4 Å². The van der Waals surface area contributed by atoms with Crippen LogP contribution >= 0.6 is 15.9 Å². The molecule has 0 aromatic carbocycles. The Balaban J connectivity index is 2.64. The van der Waals surface area contributed by atoms with Gasteiger partial charge < -0.3 is 9.73 Å². The zero-order valence-corrected chi connectivity index (χ0v) is 9.15. The fraction of sp³-hybridized carbons (Fsp3) is 0.375. The maximum atomic E-state index is 12.1. The van der Waals surface area contributed by atoms with Gasteiger partial charge in [-0.15, -0.1) is 0 Å². The number of halogens is 4. The van der Waals surface area contributed by atoms with E-state index in [1.54, 1.807) is 5.32 Å². The van der Waals surface area contributed by atoms with Gasteiger partial charge in [0.05, 0.1) is 0 Å². The van der Waals surface area contributed by atoms with E-state index in [4.69, 9.17) is 4.42 Å². The molecule has 15 heavy (non-hydrogen) atoms. The molecular weight excluding hydrogens is 279 g/mol. The van der Waals surface area contributed by atoms with Gasteiger partial charge in [0.25, 0.3) is 5.91 Å². The summed E-state index contributed by atoms with van der Waals surface area (Å²) in [5.74, 6) is -1.07. The molecule has 0 bridgehead atoms. The molecule has 1 heterocycles. The topological polar surface area (TPSA) is 42.2 Å². The monoisotopic (exact) mass is 285 g/mol. The highest BCUT2D eigenvalue weighted by molar-refractivity contribution is 9.10. The van der Waals surface area contributed by atoms with Gasteiger partial charge in [-0.05, 0) is 35.0 Å². The standard InChI is InChI=1S/C8H7BrF3NO2/c1-4(8(10,11)12)13-7(14)5-2-3-6(9)15-5/h2-4H,1H3,(H,13,14). The van der Waals surface area contributed by atoms with Crippen LogP contribution in [-0.2, 0) is 0 Å². The van der Waals surface area contributed by atoms with Crippen LogP contribution in [0.5, 0.6) is 0 Å². The van der Waals surface area contributed by atoms with Gasteiger partial charge >= 0.3 is 6.18 Å². The van der Waals surface area contributed by atoms with Crippen molar-refractivity contribution in [2.75, 3.05) is 0 Å². The summed E-state index contributed by atoms with van der Waals surface area (Å²) in [5, 5.41) is 1.77. The molecule has 0 saturated carbocycles. The summed E-state index contributed by atoms with van der Waals surface area (Å²) in [6.45, 7) is 0.857. The van der Waals surface area contributed by atoms with Gasteiger partial charge in [-0.1, -0.05) is 0 Å². The van der Waals surface area contributed by atoms with E-state index in [-0.39, 0.29) is 10.4 Å². The molecule has 0 aliphatic heterocycles. The van der Waals surface area contributed by atoms with Gasteiger partial charge in [0, 0.05) is 0 Å². The van der Waals surface area contributed by atoms with Gasteiger partial charge in [-0.25, -0.2) is 0 Å². The van der Waals surface area contributed by atoms with Crippen molar-refractivity contribution in [2.24, 2.45) is 0 Å². The zero-order chi connectivity index (χ0) is 11.6. The largest absolute Gasteiger partial charge is 0.444 e. The molecule has 84 valence electrons. The summed E-state index contributed by atoms with van der Waals surface area (Å²) in [6, 6.07) is 0.796. The van der Waals surface area contributed by atoms with E-state index in [2.05, 4.69) is 15.9 Å². The van der Waals surface area contributed by atoms with Crippen molar-refractivity contribution >= 4 is 21.8 Å². The van der Waals surface area contributed by atoms with E-state index in [1.165, 1.54) is 12.1 Å². The molecule has 0 aliphatic carbocycles. The highest BCUT2D eigenvalue weighted by atomic mass is 79.9. The number of carbonyl (C=O) groups is 1. The Morgan fingerprint density at radius 3 is 2.53 bits per heavy atom. The molecule has 0 radical (unpaired) electrons. The fourth-order valence-electron chi connectivity index (χ4n) is 0.786. The summed E-state index contributed by atoms with van der Waals surface area (Å²) in [4.78, 5) is 11.2. The second-order valence-corrected chi connectivity index (χ2v) is 3.62. The SMILES string of the molecule is CC(NC(=O)c1ccc(Br)o1)C(F)(F)F. The van der Waals surface area contributed by atoms with E-state index in [0.717, 1.165) is 6.92 Å². The molecule has 1 N–H and O–H groups in total. The lowest BCUT2D eigenvalue weighted by Gasteiger charge is -2.16. The van der Waals surface area contributed by atoms with Crippen LogP contribution < -0.4 is 5.32 Å². The molecule has 0 aliphatic rings. The number of hydrogen-bond acceptors (Lipinski definition) is 2. The van der Waals surface area contributed by atoms with E-state index in [1.807, 2.05) is 0 Å². The molecule has 1 aromatic rings. The van der Waals surface area contributed by atoms with Gasteiger partial charge in [0.1, 0.15) is 6.04 Å². The third-order valence-corrected chi connectivity index (χ3v) is 2.06. The van der Waals surface area contributed by atoms with Crippen LogP contribution in [0.25, 0.3) is 0 Å². The average Bonchev–Trinajstić information content (AvgIpc) is 2.50. The van der Waals surface area contributed by atoms with Crippen molar-refractivity contribution in [2.45, 2.75) is 19.1 Å². The summed E-state index contributed by atoms with van der Waals surface area (Å²) in [6.07, 6.45) is -4.46. The van der Waals surface area contributed by atoms with Crippen molar-refractivity contribution in [3.63, 3.8) is 0 Å². The lowest BCUT2D eigenvalue weighted by atomic mass is 10.3. The summed E-state index contributed by atoms with van der Waals surface area (Å²) in [5.41, 5.74) is 0. The molecule has 7 heteroatoms. The number of nitrogens with one attached hydrogen (secondary N) is 1. The summed E-state index contributed by atoms with van der Waals surface area (Å²) < 4.78 is 41.3. The minimum absolute atomic E-state index is 0.169. The van der Waals surface area contributed by atoms with Crippen LogP contribution in [0.1, 0.15) is 17.5 Å². The number of alkyl halides is 3. The van der Waals surface area contributed by atoms with Crippen LogP contribution in [0, 0.1) is 0 Å². The highest BCUT2D eigenvalue weighted by Gasteiger charge is 2.37. The Labute approximate surface area is 91.8 Å². The molecular formula is C8H7BrF3NO2. The molecule has 1 atom stereocenters. The Morgan fingerprint density at radius 2 is 2.13 bits per heavy atom. The smallest absolute Gasteiger partial charge is 0.408 e. The number of furan rings is 1. The van der Waals surface area contributed by atoms with Crippen LogP contribution in [0.3, 0.4) is 0 Å². The molecule has 0 saturated heterocycles. The predicted molar refractivity (Wildman–Crippen MR) is 49.4 cm³/mol. The van der Waals surface area contributed by atoms with Crippen molar-refractivity contribution in [3.8, 4) is 0 Å². The second kappa shape index (κ2) is 4.26. The Kier molecular flexibility index (Phi) is 3.43. The molecule has 1 aromatic heterocycles. The molecule has 1 rings (SSSR count). The van der Waals surface area contributed by atoms with Gasteiger partial charge in [-0.2, -0.15) is 13.2 Å². The number of hydrogen-bond donors (Lipinski definition) is 1. The van der Waals surface area contributed by atoms with Gasteiger partial charge in [0.2, 0.25) is 0 Å². The summed E-state index contributed by atoms with van der Waals surface area (Å²) >= 11 is 2.94. The van der Waals surface area contributed by atoms with Gasteiger partial charge in [-0.3, -0.25) is 4.79 Å². The lowest BCUT2D eigenvalue weighted by molar-refractivity contribution is -0.149. The van der Waals surface area contributed by atoms with Crippen LogP contribution in [0.15, 0.2) is 21.2 Å². The third-order valence-electron chi connectivity index (χ3n) is 1.64. The lowest BCUT2D eigenvalue weighted by Crippen LogP contribution is -2.42. The van der Waals surface area contributed by atoms with E-state index < -0.39 is 18.1 Å². The van der Waals surface area contributed by atoms with Crippen LogP contribution in [0.2, 0.25) is 0 Å². The number of rotatable bonds is 2. The molecule has 3 nitrogen and oxygen atoms in total. The third kappa shape index (κ3) is 3.26. The first-order valence-corrected chi connectivity index (χ1v) is 4.73. The number of amides is 1. The van der Waals surface area contributed by atoms with E-state index in [9.17, 15) is 18.0 Å². The van der Waals surface area contributed by atoms with Crippen LogP contribution in [-0.4, -0.2) is 18.1 Å². The maximum Gasteiger partial charge on any atom is 0.408 e. The van der Waals surface area contributed by atoms with Gasteiger partial charge in [0.15, 0.2) is 10.4 Å². The molecule has 0 spiro atoms. The molecule has 1 unspecified atom stereocenters. The van der Waals surface area contributed by atoms with Crippen molar-refractivity contribution in [1.82, 2.24) is 5.32 Å². The predicted octanol–water partition coefficient (Wildman–Crippen LogP) is 2.72. The Morgan fingerprint density at radius 1 is 1.53 bits per heavy atom. The first kappa shape index (κ1) is 12.1. The minimum Gasteiger partial charge on any atom is -0.444 e. The van der Waals surface area contributed by atoms with E-state index in [0.29, 0.717) is 0 Å². The van der Waals surface area contributed by atoms with E-state index >= 15 is 0 Å².